The zero-order chi connectivity index (χ0) is 33.7. The summed E-state index contributed by atoms with van der Waals surface area (Å²) in [7, 11) is -3.58. The molecular formula is C29H36F3NO10S. The molecule has 0 bridgehead atoms. The zero-order valence-corrected chi connectivity index (χ0v) is 26.4. The second-order valence-corrected chi connectivity index (χ2v) is 13.0. The fourth-order valence-electron chi connectivity index (χ4n) is 3.68. The van der Waals surface area contributed by atoms with Crippen molar-refractivity contribution in [2.45, 2.75) is 76.8 Å². The van der Waals surface area contributed by atoms with E-state index in [1.807, 2.05) is 0 Å². The molecule has 244 valence electrons. The third-order valence-corrected chi connectivity index (χ3v) is 6.61. The van der Waals surface area contributed by atoms with Gasteiger partial charge in [0.15, 0.2) is 0 Å². The maximum atomic E-state index is 13.2. The Hall–Kier alpha value is -3.85. The van der Waals surface area contributed by atoms with Gasteiger partial charge in [-0.3, -0.25) is 4.18 Å². The van der Waals surface area contributed by atoms with Crippen molar-refractivity contribution in [2.75, 3.05) is 14.2 Å². The molecule has 0 aliphatic heterocycles. The first-order valence-electron chi connectivity index (χ1n) is 13.1. The molecule has 0 aliphatic rings. The van der Waals surface area contributed by atoms with Crippen LogP contribution in [-0.4, -0.2) is 68.4 Å². The maximum absolute atomic E-state index is 13.2. The fourth-order valence-corrected chi connectivity index (χ4v) is 4.27. The van der Waals surface area contributed by atoms with Gasteiger partial charge in [-0.25, -0.2) is 14.4 Å². The Morgan fingerprint density at radius 3 is 1.57 bits per heavy atom. The highest BCUT2D eigenvalue weighted by molar-refractivity contribution is 7.87. The number of nitrogens with zero attached hydrogens (tertiary/aromatic N) is 1. The molecule has 2 aromatic rings. The molecule has 0 fully saturated rings. The minimum atomic E-state index is -6.01. The van der Waals surface area contributed by atoms with Gasteiger partial charge in [0.2, 0.25) is 0 Å². The van der Waals surface area contributed by atoms with Crippen LogP contribution in [0.15, 0.2) is 48.5 Å². The molecule has 2 atom stereocenters. The van der Waals surface area contributed by atoms with Crippen LogP contribution in [-0.2, 0) is 39.7 Å². The predicted molar refractivity (Wildman–Crippen MR) is 151 cm³/mol. The lowest BCUT2D eigenvalue weighted by molar-refractivity contribution is -0.146. The third-order valence-electron chi connectivity index (χ3n) is 5.60. The van der Waals surface area contributed by atoms with Gasteiger partial charge in [-0.15, -0.1) is 0 Å². The van der Waals surface area contributed by atoms with Crippen LogP contribution in [0, 0.1) is 0 Å². The average Bonchev–Trinajstić information content (AvgIpc) is 2.89. The molecule has 44 heavy (non-hydrogen) atoms. The molecule has 0 saturated carbocycles. The van der Waals surface area contributed by atoms with E-state index in [1.54, 1.807) is 41.5 Å². The van der Waals surface area contributed by atoms with E-state index >= 15 is 0 Å². The van der Waals surface area contributed by atoms with Crippen LogP contribution in [0.1, 0.15) is 64.3 Å². The van der Waals surface area contributed by atoms with E-state index in [0.717, 1.165) is 7.11 Å². The predicted octanol–water partition coefficient (Wildman–Crippen LogP) is 5.91. The number of rotatable bonds is 9. The highest BCUT2D eigenvalue weighted by Gasteiger charge is 2.49. The number of hydrogen-bond donors (Lipinski definition) is 0. The number of esters is 1. The van der Waals surface area contributed by atoms with Crippen LogP contribution in [0.4, 0.5) is 22.8 Å². The second-order valence-electron chi connectivity index (χ2n) is 11.5. The van der Waals surface area contributed by atoms with Crippen LogP contribution in [0.5, 0.6) is 5.75 Å². The topological polar surface area (TPSA) is 135 Å². The molecule has 0 saturated heterocycles. The van der Waals surface area contributed by atoms with Crippen molar-refractivity contribution in [1.82, 2.24) is 4.90 Å². The molecule has 0 N–H and O–H groups in total. The molecule has 11 nitrogen and oxygen atoms in total. The van der Waals surface area contributed by atoms with Crippen molar-refractivity contribution < 1.29 is 59.1 Å². The van der Waals surface area contributed by atoms with Gasteiger partial charge in [0, 0.05) is 6.42 Å². The number of carbonyl (C=O) groups is 3. The van der Waals surface area contributed by atoms with Crippen LogP contribution in [0.3, 0.4) is 0 Å². The molecule has 2 aromatic carbocycles. The van der Waals surface area contributed by atoms with Gasteiger partial charge in [-0.05, 0) is 70.4 Å². The number of methoxy groups -OCH3 is 2. The number of alkyl halides is 3. The number of halogens is 3. The summed E-state index contributed by atoms with van der Waals surface area (Å²) in [6.45, 7) is 9.36. The van der Waals surface area contributed by atoms with E-state index in [-0.39, 0.29) is 17.5 Å². The van der Waals surface area contributed by atoms with Crippen LogP contribution in [0.25, 0.3) is 0 Å². The summed E-state index contributed by atoms with van der Waals surface area (Å²) < 4.78 is 88.7. The molecule has 0 spiro atoms. The summed E-state index contributed by atoms with van der Waals surface area (Å²) in [6.07, 6.45) is -4.38. The summed E-state index contributed by atoms with van der Waals surface area (Å²) in [5.74, 6) is -0.614. The molecule has 0 heterocycles. The van der Waals surface area contributed by atoms with E-state index in [1.165, 1.54) is 55.6 Å². The quantitative estimate of drug-likeness (QED) is 0.140. The maximum Gasteiger partial charge on any atom is 0.523 e. The fraction of sp³-hybridized carbons (Fsp3) is 0.483. The van der Waals surface area contributed by atoms with Gasteiger partial charge in [0.05, 0.1) is 14.2 Å². The first-order valence-corrected chi connectivity index (χ1v) is 14.5. The number of carbonyl (C=O) groups excluding carboxylic acids is 3. The first-order chi connectivity index (χ1) is 20.1. The Labute approximate surface area is 254 Å². The lowest BCUT2D eigenvalue weighted by atomic mass is 9.98. The van der Waals surface area contributed by atoms with Crippen molar-refractivity contribution in [3.8, 4) is 5.75 Å². The van der Waals surface area contributed by atoms with Gasteiger partial charge < -0.3 is 18.9 Å². The molecule has 0 radical (unpaired) electrons. The Bertz CT molecular complexity index is 1380. The Morgan fingerprint density at radius 2 is 1.20 bits per heavy atom. The Balaban J connectivity index is 2.54. The van der Waals surface area contributed by atoms with Gasteiger partial charge in [-0.2, -0.15) is 26.5 Å². The molecule has 2 rings (SSSR count). The van der Waals surface area contributed by atoms with E-state index in [9.17, 15) is 36.0 Å². The molecular weight excluding hydrogens is 611 g/mol. The molecule has 0 aromatic heterocycles. The summed E-state index contributed by atoms with van der Waals surface area (Å²) in [5.41, 5.74) is -7.39. The van der Waals surface area contributed by atoms with E-state index in [0.29, 0.717) is 16.2 Å². The normalized spacial score (nSPS) is 13.8. The van der Waals surface area contributed by atoms with Gasteiger partial charge in [-0.1, -0.05) is 36.4 Å². The van der Waals surface area contributed by atoms with Crippen LogP contribution in [0.2, 0.25) is 0 Å². The number of benzene rings is 2. The van der Waals surface area contributed by atoms with Crippen molar-refractivity contribution >= 4 is 28.3 Å². The second kappa shape index (κ2) is 13.8. The highest BCUT2D eigenvalue weighted by Crippen LogP contribution is 2.35. The first kappa shape index (κ1) is 36.3. The molecule has 0 aliphatic carbocycles. The summed E-state index contributed by atoms with van der Waals surface area (Å²) in [4.78, 5) is 39.6. The number of imide groups is 1. The smallest absolute Gasteiger partial charge is 0.497 e. The molecule has 0 unspecified atom stereocenters. The monoisotopic (exact) mass is 647 g/mol. The van der Waals surface area contributed by atoms with Crippen LogP contribution < -0.4 is 4.74 Å². The van der Waals surface area contributed by atoms with Crippen molar-refractivity contribution in [3.05, 3.63) is 65.2 Å². The molecule has 15 heteroatoms. The van der Waals surface area contributed by atoms with E-state index < -0.39 is 57.1 Å². The minimum Gasteiger partial charge on any atom is -0.497 e. The standard InChI is InChI=1S/C29H36F3NO10S/c1-27(2,3)41-25(35)33(26(36)42-28(4,5)6)22(24(34)40-8)17-18-9-11-19(12-10-18)23(43-44(37,38)29(30,31)32)20-13-15-21(39-7)16-14-20/h9-16,22-23H,17H2,1-8H3/t22-,23-/m0/s1. The summed E-state index contributed by atoms with van der Waals surface area (Å²) in [5, 5.41) is 0. The number of hydrogen-bond acceptors (Lipinski definition) is 10. The SMILES string of the molecule is COC(=O)[C@H](Cc1ccc([C@H](OS(=O)(=O)C(F)(F)F)c2ccc(OC)cc2)cc1)N(C(=O)OC(C)(C)C)C(=O)OC(C)(C)C. The third kappa shape index (κ3) is 10.1. The van der Waals surface area contributed by atoms with Gasteiger partial charge in [0.25, 0.3) is 0 Å². The number of amides is 2. The van der Waals surface area contributed by atoms with Crippen LogP contribution >= 0.6 is 0 Å². The van der Waals surface area contributed by atoms with Crippen molar-refractivity contribution in [2.24, 2.45) is 0 Å². The lowest BCUT2D eigenvalue weighted by Gasteiger charge is -2.32. The average molecular weight is 648 g/mol. The van der Waals surface area contributed by atoms with Crippen molar-refractivity contribution in [3.63, 3.8) is 0 Å². The van der Waals surface area contributed by atoms with Crippen molar-refractivity contribution in [1.29, 1.82) is 0 Å². The summed E-state index contributed by atoms with van der Waals surface area (Å²) in [6, 6.07) is 9.26. The van der Waals surface area contributed by atoms with E-state index in [2.05, 4.69) is 4.18 Å². The lowest BCUT2D eigenvalue weighted by Crippen LogP contribution is -2.53. The Kier molecular flexibility index (Phi) is 11.4. The Morgan fingerprint density at radius 1 is 0.773 bits per heavy atom. The zero-order valence-electron chi connectivity index (χ0n) is 25.6. The number of ether oxygens (including phenoxy) is 4. The summed E-state index contributed by atoms with van der Waals surface area (Å²) >= 11 is 0. The van der Waals surface area contributed by atoms with E-state index in [4.69, 9.17) is 18.9 Å². The molecule has 2 amide bonds. The van der Waals surface area contributed by atoms with Gasteiger partial charge in [0.1, 0.15) is 29.1 Å². The minimum absolute atomic E-state index is 0.0116. The van der Waals surface area contributed by atoms with Gasteiger partial charge >= 0.3 is 33.8 Å². The highest BCUT2D eigenvalue weighted by atomic mass is 32.2. The largest absolute Gasteiger partial charge is 0.523 e.